The Morgan fingerprint density at radius 1 is 1.44 bits per heavy atom. The Balaban J connectivity index is 2.06. The van der Waals surface area contributed by atoms with Crippen LogP contribution in [0.3, 0.4) is 0 Å². The number of ether oxygens (including phenoxy) is 1. The molecule has 0 saturated carbocycles. The number of hydrogen-bond acceptors (Lipinski definition) is 4. The first-order chi connectivity index (χ1) is 8.37. The van der Waals surface area contributed by atoms with Gasteiger partial charge in [-0.2, -0.15) is 0 Å². The average Bonchev–Trinajstić information content (AvgIpc) is 2.22. The summed E-state index contributed by atoms with van der Waals surface area (Å²) in [6, 6.07) is 0. The van der Waals surface area contributed by atoms with E-state index in [9.17, 15) is 4.79 Å². The maximum atomic E-state index is 11.5. The summed E-state index contributed by atoms with van der Waals surface area (Å²) in [6.07, 6.45) is 3.04. The van der Waals surface area contributed by atoms with Gasteiger partial charge in [-0.05, 0) is 59.7 Å². The van der Waals surface area contributed by atoms with Crippen LogP contribution in [-0.2, 0) is 9.53 Å². The Morgan fingerprint density at radius 3 is 2.78 bits per heavy atom. The Hall–Kier alpha value is -0.610. The van der Waals surface area contributed by atoms with E-state index in [4.69, 9.17) is 4.74 Å². The monoisotopic (exact) mass is 256 g/mol. The summed E-state index contributed by atoms with van der Waals surface area (Å²) < 4.78 is 5.26. The number of carbonyl (C=O) groups excluding carboxylic acids is 1. The van der Waals surface area contributed by atoms with Gasteiger partial charge in [0.2, 0.25) is 0 Å². The van der Waals surface area contributed by atoms with E-state index >= 15 is 0 Å². The van der Waals surface area contributed by atoms with Crippen molar-refractivity contribution < 1.29 is 9.53 Å². The zero-order valence-electron chi connectivity index (χ0n) is 12.3. The zero-order chi connectivity index (χ0) is 13.6. The number of esters is 1. The molecule has 1 unspecified atom stereocenters. The minimum Gasteiger partial charge on any atom is -0.460 e. The van der Waals surface area contributed by atoms with Crippen molar-refractivity contribution in [1.82, 2.24) is 10.2 Å². The zero-order valence-corrected chi connectivity index (χ0v) is 12.3. The number of hydrogen-bond donors (Lipinski definition) is 1. The normalized spacial score (nSPS) is 21.9. The molecule has 0 aliphatic carbocycles. The lowest BCUT2D eigenvalue weighted by atomic mass is 9.98. The van der Waals surface area contributed by atoms with Crippen LogP contribution in [0.15, 0.2) is 0 Å². The van der Waals surface area contributed by atoms with Gasteiger partial charge in [-0.1, -0.05) is 0 Å². The lowest BCUT2D eigenvalue weighted by Gasteiger charge is -2.29. The Morgan fingerprint density at radius 2 is 2.17 bits per heavy atom. The Bertz CT molecular complexity index is 261. The number of nitrogens with zero attached hydrogens (tertiary/aromatic N) is 1. The van der Waals surface area contributed by atoms with Crippen LogP contribution in [0.25, 0.3) is 0 Å². The number of carbonyl (C=O) groups is 1. The van der Waals surface area contributed by atoms with Gasteiger partial charge < -0.3 is 15.0 Å². The van der Waals surface area contributed by atoms with E-state index in [1.165, 1.54) is 25.9 Å². The minimum absolute atomic E-state index is 0.115. The standard InChI is InChI=1S/C14H28N2O2/c1-14(2,3)18-13(17)7-8-15-10-12-6-5-9-16(4)11-12/h12,15H,5-11H2,1-4H3. The predicted octanol–water partition coefficient (Wildman–Crippen LogP) is 1.65. The molecule has 0 bridgehead atoms. The van der Waals surface area contributed by atoms with E-state index in [2.05, 4.69) is 17.3 Å². The molecule has 18 heavy (non-hydrogen) atoms. The van der Waals surface area contributed by atoms with E-state index in [1.807, 2.05) is 20.8 Å². The first-order valence-electron chi connectivity index (χ1n) is 6.98. The summed E-state index contributed by atoms with van der Waals surface area (Å²) in [4.78, 5) is 13.9. The molecule has 0 aromatic rings. The predicted molar refractivity (Wildman–Crippen MR) is 73.6 cm³/mol. The summed E-state index contributed by atoms with van der Waals surface area (Å²) in [5.74, 6) is 0.609. The van der Waals surface area contributed by atoms with Crippen molar-refractivity contribution in [2.75, 3.05) is 33.2 Å². The maximum absolute atomic E-state index is 11.5. The molecule has 1 saturated heterocycles. The smallest absolute Gasteiger partial charge is 0.307 e. The van der Waals surface area contributed by atoms with Crippen molar-refractivity contribution in [2.45, 2.75) is 45.6 Å². The number of likely N-dealkylation sites (tertiary alicyclic amines) is 1. The third-order valence-electron chi connectivity index (χ3n) is 3.08. The molecular weight excluding hydrogens is 228 g/mol. The molecule has 1 aliphatic heterocycles. The third kappa shape index (κ3) is 6.97. The second-order valence-electron chi connectivity index (χ2n) is 6.31. The van der Waals surface area contributed by atoms with Crippen LogP contribution in [-0.4, -0.2) is 49.7 Å². The topological polar surface area (TPSA) is 41.6 Å². The fourth-order valence-corrected chi connectivity index (χ4v) is 2.33. The summed E-state index contributed by atoms with van der Waals surface area (Å²) in [5, 5.41) is 3.36. The molecule has 1 fully saturated rings. The first-order valence-corrected chi connectivity index (χ1v) is 6.98. The lowest BCUT2D eigenvalue weighted by molar-refractivity contribution is -0.154. The van der Waals surface area contributed by atoms with E-state index < -0.39 is 0 Å². The Kier molecular flexibility index (Phi) is 6.09. The number of nitrogens with one attached hydrogen (secondary N) is 1. The van der Waals surface area contributed by atoms with E-state index in [0.29, 0.717) is 6.42 Å². The van der Waals surface area contributed by atoms with Crippen molar-refractivity contribution in [3.8, 4) is 0 Å². The van der Waals surface area contributed by atoms with Gasteiger partial charge in [-0.3, -0.25) is 4.79 Å². The third-order valence-corrected chi connectivity index (χ3v) is 3.08. The van der Waals surface area contributed by atoms with Crippen molar-refractivity contribution in [1.29, 1.82) is 0 Å². The van der Waals surface area contributed by atoms with Gasteiger partial charge in [-0.15, -0.1) is 0 Å². The summed E-state index contributed by atoms with van der Waals surface area (Å²) in [5.41, 5.74) is -0.372. The van der Waals surface area contributed by atoms with Crippen LogP contribution in [0.1, 0.15) is 40.0 Å². The molecule has 4 nitrogen and oxygen atoms in total. The first kappa shape index (κ1) is 15.4. The quantitative estimate of drug-likeness (QED) is 0.600. The molecule has 0 aromatic carbocycles. The van der Waals surface area contributed by atoms with E-state index in [0.717, 1.165) is 19.0 Å². The fourth-order valence-electron chi connectivity index (χ4n) is 2.33. The second kappa shape index (κ2) is 7.10. The summed E-state index contributed by atoms with van der Waals surface area (Å²) in [7, 11) is 2.17. The van der Waals surface area contributed by atoms with Crippen LogP contribution >= 0.6 is 0 Å². The molecule has 0 aromatic heterocycles. The van der Waals surface area contributed by atoms with Crippen molar-refractivity contribution in [2.24, 2.45) is 5.92 Å². The second-order valence-corrected chi connectivity index (χ2v) is 6.31. The van der Waals surface area contributed by atoms with Crippen molar-refractivity contribution in [3.05, 3.63) is 0 Å². The van der Waals surface area contributed by atoms with Gasteiger partial charge in [0.1, 0.15) is 5.60 Å². The van der Waals surface area contributed by atoms with E-state index in [-0.39, 0.29) is 11.6 Å². The highest BCUT2D eigenvalue weighted by Gasteiger charge is 2.18. The van der Waals surface area contributed by atoms with Crippen molar-refractivity contribution >= 4 is 5.97 Å². The van der Waals surface area contributed by atoms with Crippen LogP contribution in [0.4, 0.5) is 0 Å². The average molecular weight is 256 g/mol. The van der Waals surface area contributed by atoms with E-state index in [1.54, 1.807) is 0 Å². The van der Waals surface area contributed by atoms with Gasteiger partial charge in [0, 0.05) is 13.1 Å². The molecule has 0 spiro atoms. The molecule has 1 heterocycles. The van der Waals surface area contributed by atoms with Crippen molar-refractivity contribution in [3.63, 3.8) is 0 Å². The van der Waals surface area contributed by atoms with Crippen LogP contribution in [0, 0.1) is 5.92 Å². The largest absolute Gasteiger partial charge is 0.460 e. The molecule has 106 valence electrons. The molecule has 0 amide bonds. The molecule has 0 radical (unpaired) electrons. The minimum atomic E-state index is -0.372. The van der Waals surface area contributed by atoms with Crippen LogP contribution in [0.5, 0.6) is 0 Å². The highest BCUT2D eigenvalue weighted by Crippen LogP contribution is 2.13. The molecule has 1 rings (SSSR count). The van der Waals surface area contributed by atoms with Gasteiger partial charge in [0.15, 0.2) is 0 Å². The Labute approximate surface area is 111 Å². The maximum Gasteiger partial charge on any atom is 0.307 e. The molecule has 1 atom stereocenters. The SMILES string of the molecule is CN1CCCC(CNCCC(=O)OC(C)(C)C)C1. The van der Waals surface area contributed by atoms with Gasteiger partial charge >= 0.3 is 5.97 Å². The van der Waals surface area contributed by atoms with Gasteiger partial charge in [0.25, 0.3) is 0 Å². The van der Waals surface area contributed by atoms with Crippen LogP contribution < -0.4 is 5.32 Å². The fraction of sp³-hybridized carbons (Fsp3) is 0.929. The summed E-state index contributed by atoms with van der Waals surface area (Å²) >= 11 is 0. The van der Waals surface area contributed by atoms with Gasteiger partial charge in [0.05, 0.1) is 6.42 Å². The number of rotatable bonds is 5. The summed E-state index contributed by atoms with van der Waals surface area (Å²) in [6.45, 7) is 9.80. The molecule has 1 N–H and O–H groups in total. The molecule has 4 heteroatoms. The van der Waals surface area contributed by atoms with Crippen LogP contribution in [0.2, 0.25) is 0 Å². The van der Waals surface area contributed by atoms with Gasteiger partial charge in [-0.25, -0.2) is 0 Å². The highest BCUT2D eigenvalue weighted by molar-refractivity contribution is 5.70. The lowest BCUT2D eigenvalue weighted by Crippen LogP contribution is -2.38. The molecule has 1 aliphatic rings. The molecular formula is C14H28N2O2. The highest BCUT2D eigenvalue weighted by atomic mass is 16.6. The number of piperidine rings is 1.